The number of hydrogen-bond donors (Lipinski definition) is 1. The minimum Gasteiger partial charge on any atom is -0.455 e. The quantitative estimate of drug-likeness (QED) is 0.711. The Hall–Kier alpha value is -2.33. The second-order valence-corrected chi connectivity index (χ2v) is 4.64. The number of pyridine rings is 1. The lowest BCUT2D eigenvalue weighted by molar-refractivity contribution is 0.486. The highest BCUT2D eigenvalue weighted by atomic mass is 35.5. The Morgan fingerprint density at radius 2 is 1.90 bits per heavy atom. The van der Waals surface area contributed by atoms with Crippen molar-refractivity contribution in [3.63, 3.8) is 0 Å². The third-order valence-corrected chi connectivity index (χ3v) is 3.17. The van der Waals surface area contributed by atoms with Gasteiger partial charge in [0, 0.05) is 11.6 Å². The zero-order chi connectivity index (χ0) is 14.1. The van der Waals surface area contributed by atoms with Crippen molar-refractivity contribution in [1.82, 2.24) is 4.98 Å². The zero-order valence-electron chi connectivity index (χ0n) is 10.3. The predicted octanol–water partition coefficient (Wildman–Crippen LogP) is 4.40. The molecule has 0 saturated carbocycles. The Kier molecular flexibility index (Phi) is 3.16. The Bertz CT molecular complexity index is 792. The maximum atomic E-state index is 13.0. The van der Waals surface area contributed by atoms with Crippen molar-refractivity contribution in [1.29, 1.82) is 0 Å². The molecule has 0 saturated heterocycles. The van der Waals surface area contributed by atoms with Crippen LogP contribution in [-0.2, 0) is 0 Å². The predicted molar refractivity (Wildman–Crippen MR) is 77.6 cm³/mol. The van der Waals surface area contributed by atoms with E-state index in [0.29, 0.717) is 22.7 Å². The Balaban J connectivity index is 2.09. The summed E-state index contributed by atoms with van der Waals surface area (Å²) in [5.41, 5.74) is 7.10. The molecule has 0 aliphatic heterocycles. The van der Waals surface area contributed by atoms with Crippen LogP contribution in [0.1, 0.15) is 0 Å². The molecule has 0 aliphatic carbocycles. The number of halogens is 2. The van der Waals surface area contributed by atoms with E-state index in [1.165, 1.54) is 18.2 Å². The highest BCUT2D eigenvalue weighted by molar-refractivity contribution is 6.32. The van der Waals surface area contributed by atoms with Crippen LogP contribution >= 0.6 is 11.6 Å². The summed E-state index contributed by atoms with van der Waals surface area (Å²) in [6.45, 7) is 0. The molecule has 0 radical (unpaired) electrons. The van der Waals surface area contributed by atoms with Gasteiger partial charge in [-0.15, -0.1) is 0 Å². The van der Waals surface area contributed by atoms with Crippen LogP contribution in [0.15, 0.2) is 48.7 Å². The number of nitrogens with zero attached hydrogens (tertiary/aromatic N) is 1. The van der Waals surface area contributed by atoms with Crippen LogP contribution in [0.25, 0.3) is 10.9 Å². The molecular formula is C15H10ClFN2O. The third-order valence-electron chi connectivity index (χ3n) is 2.87. The molecule has 100 valence electrons. The topological polar surface area (TPSA) is 48.1 Å². The van der Waals surface area contributed by atoms with E-state index in [4.69, 9.17) is 22.1 Å². The SMILES string of the molecule is Nc1ccc(Oc2ccc(F)cc2Cl)c2cccnc12. The van der Waals surface area contributed by atoms with E-state index in [-0.39, 0.29) is 5.02 Å². The number of anilines is 1. The van der Waals surface area contributed by atoms with Crippen molar-refractivity contribution in [2.75, 3.05) is 5.73 Å². The smallest absolute Gasteiger partial charge is 0.146 e. The molecule has 2 N–H and O–H groups in total. The highest BCUT2D eigenvalue weighted by Gasteiger charge is 2.09. The minimum atomic E-state index is -0.411. The number of nitrogens with two attached hydrogens (primary N) is 1. The van der Waals surface area contributed by atoms with Crippen molar-refractivity contribution in [3.8, 4) is 11.5 Å². The summed E-state index contributed by atoms with van der Waals surface area (Å²) in [6.07, 6.45) is 1.66. The van der Waals surface area contributed by atoms with Crippen molar-refractivity contribution in [2.24, 2.45) is 0 Å². The second-order valence-electron chi connectivity index (χ2n) is 4.23. The van der Waals surface area contributed by atoms with Gasteiger partial charge in [0.15, 0.2) is 0 Å². The van der Waals surface area contributed by atoms with Crippen LogP contribution in [0.4, 0.5) is 10.1 Å². The molecule has 0 fully saturated rings. The molecule has 3 aromatic rings. The van der Waals surface area contributed by atoms with Crippen molar-refractivity contribution >= 4 is 28.2 Å². The molecule has 20 heavy (non-hydrogen) atoms. The summed E-state index contributed by atoms with van der Waals surface area (Å²) >= 11 is 5.96. The standard InChI is InChI=1S/C15H10ClFN2O/c16-11-8-9(17)3-5-14(11)20-13-6-4-12(18)15-10(13)2-1-7-19-15/h1-8H,18H2. The molecule has 2 aromatic carbocycles. The number of aromatic nitrogens is 1. The molecule has 3 nitrogen and oxygen atoms in total. The average molecular weight is 289 g/mol. The number of ether oxygens (including phenoxy) is 1. The maximum absolute atomic E-state index is 13.0. The molecule has 1 heterocycles. The van der Waals surface area contributed by atoms with Crippen LogP contribution in [0.3, 0.4) is 0 Å². The van der Waals surface area contributed by atoms with Crippen molar-refractivity contribution in [3.05, 3.63) is 59.5 Å². The van der Waals surface area contributed by atoms with E-state index < -0.39 is 5.82 Å². The summed E-state index contributed by atoms with van der Waals surface area (Å²) in [6, 6.07) is 11.1. The van der Waals surface area contributed by atoms with Crippen LogP contribution in [0.2, 0.25) is 5.02 Å². The van der Waals surface area contributed by atoms with Crippen LogP contribution in [-0.4, -0.2) is 4.98 Å². The van der Waals surface area contributed by atoms with E-state index >= 15 is 0 Å². The molecule has 0 unspecified atom stereocenters. The normalized spacial score (nSPS) is 10.7. The lowest BCUT2D eigenvalue weighted by Crippen LogP contribution is -1.93. The van der Waals surface area contributed by atoms with Gasteiger partial charge in [-0.05, 0) is 42.5 Å². The summed E-state index contributed by atoms with van der Waals surface area (Å²) in [7, 11) is 0. The van der Waals surface area contributed by atoms with E-state index in [0.717, 1.165) is 5.39 Å². The first-order valence-corrected chi connectivity index (χ1v) is 6.29. The molecule has 3 rings (SSSR count). The largest absolute Gasteiger partial charge is 0.455 e. The van der Waals surface area contributed by atoms with Gasteiger partial charge >= 0.3 is 0 Å². The highest BCUT2D eigenvalue weighted by Crippen LogP contribution is 2.35. The maximum Gasteiger partial charge on any atom is 0.146 e. The molecule has 0 atom stereocenters. The lowest BCUT2D eigenvalue weighted by Gasteiger charge is -2.11. The summed E-state index contributed by atoms with van der Waals surface area (Å²) in [5, 5.41) is 0.978. The summed E-state index contributed by atoms with van der Waals surface area (Å²) in [4.78, 5) is 4.22. The van der Waals surface area contributed by atoms with Gasteiger partial charge in [-0.1, -0.05) is 11.6 Å². The first-order chi connectivity index (χ1) is 9.65. The fourth-order valence-electron chi connectivity index (χ4n) is 1.93. The average Bonchev–Trinajstić information content (AvgIpc) is 2.45. The minimum absolute atomic E-state index is 0.207. The molecule has 0 bridgehead atoms. The van der Waals surface area contributed by atoms with Crippen molar-refractivity contribution < 1.29 is 9.13 Å². The van der Waals surface area contributed by atoms with Gasteiger partial charge in [0.05, 0.1) is 16.2 Å². The molecule has 0 amide bonds. The number of hydrogen-bond acceptors (Lipinski definition) is 3. The number of fused-ring (bicyclic) bond motifs is 1. The second kappa shape index (κ2) is 4.98. The lowest BCUT2D eigenvalue weighted by atomic mass is 10.1. The fraction of sp³-hybridized carbons (Fsp3) is 0. The molecule has 1 aromatic heterocycles. The van der Waals surface area contributed by atoms with Gasteiger partial charge in [-0.2, -0.15) is 0 Å². The molecular weight excluding hydrogens is 279 g/mol. The van der Waals surface area contributed by atoms with Gasteiger partial charge < -0.3 is 10.5 Å². The van der Waals surface area contributed by atoms with Gasteiger partial charge in [-0.25, -0.2) is 4.39 Å². The summed E-state index contributed by atoms with van der Waals surface area (Å²) < 4.78 is 18.8. The third kappa shape index (κ3) is 2.26. The van der Waals surface area contributed by atoms with Gasteiger partial charge in [0.1, 0.15) is 17.3 Å². The Morgan fingerprint density at radius 3 is 2.70 bits per heavy atom. The Labute approximate surface area is 119 Å². The van der Waals surface area contributed by atoms with E-state index in [2.05, 4.69) is 4.98 Å². The molecule has 0 aliphatic rings. The van der Waals surface area contributed by atoms with Gasteiger partial charge in [0.2, 0.25) is 0 Å². The van der Waals surface area contributed by atoms with E-state index in [1.807, 2.05) is 6.07 Å². The number of rotatable bonds is 2. The zero-order valence-corrected chi connectivity index (χ0v) is 11.1. The summed E-state index contributed by atoms with van der Waals surface area (Å²) in [5.74, 6) is 0.532. The van der Waals surface area contributed by atoms with E-state index in [1.54, 1.807) is 24.4 Å². The Morgan fingerprint density at radius 1 is 1.10 bits per heavy atom. The van der Waals surface area contributed by atoms with Gasteiger partial charge in [0.25, 0.3) is 0 Å². The molecule has 0 spiro atoms. The van der Waals surface area contributed by atoms with Crippen molar-refractivity contribution in [2.45, 2.75) is 0 Å². The first-order valence-electron chi connectivity index (χ1n) is 5.91. The first kappa shape index (κ1) is 12.7. The number of benzene rings is 2. The fourth-order valence-corrected chi connectivity index (χ4v) is 2.14. The van der Waals surface area contributed by atoms with Crippen LogP contribution < -0.4 is 10.5 Å². The van der Waals surface area contributed by atoms with Crippen LogP contribution in [0.5, 0.6) is 11.5 Å². The monoisotopic (exact) mass is 288 g/mol. The number of nitrogen functional groups attached to an aromatic ring is 1. The van der Waals surface area contributed by atoms with E-state index in [9.17, 15) is 4.39 Å². The van der Waals surface area contributed by atoms with Crippen LogP contribution in [0, 0.1) is 5.82 Å². The van der Waals surface area contributed by atoms with Gasteiger partial charge in [-0.3, -0.25) is 4.98 Å². The molecule has 5 heteroatoms.